The van der Waals surface area contributed by atoms with Crippen molar-refractivity contribution in [3.63, 3.8) is 0 Å². The number of alkyl carbamates (subject to hydrolysis) is 1. The fraction of sp³-hybridized carbons (Fsp3) is 0.529. The zero-order chi connectivity index (χ0) is 18.8. The van der Waals surface area contributed by atoms with Crippen LogP contribution < -0.4 is 16.4 Å². The maximum Gasteiger partial charge on any atom is 0.408 e. The van der Waals surface area contributed by atoms with Crippen LogP contribution in [0.5, 0.6) is 0 Å². The second-order valence-electron chi connectivity index (χ2n) is 7.01. The molecule has 0 saturated carbocycles. The van der Waals surface area contributed by atoms with Gasteiger partial charge in [0.2, 0.25) is 11.6 Å². The summed E-state index contributed by atoms with van der Waals surface area (Å²) in [6.45, 7) is 14.0. The highest BCUT2D eigenvalue weighted by atomic mass is 16.6. The monoisotopic (exact) mass is 345 g/mol. The highest BCUT2D eigenvalue weighted by Gasteiger charge is 2.28. The summed E-state index contributed by atoms with van der Waals surface area (Å²) >= 11 is 0. The molecule has 0 aliphatic heterocycles. The quantitative estimate of drug-likeness (QED) is 0.728. The van der Waals surface area contributed by atoms with E-state index in [2.05, 4.69) is 20.5 Å². The van der Waals surface area contributed by atoms with Crippen LogP contribution in [0.1, 0.15) is 51.4 Å². The van der Waals surface area contributed by atoms with E-state index < -0.39 is 17.7 Å². The van der Waals surface area contributed by atoms with E-state index in [4.69, 9.17) is 17.0 Å². The van der Waals surface area contributed by atoms with Crippen LogP contribution in [0.15, 0.2) is 6.07 Å². The summed E-state index contributed by atoms with van der Waals surface area (Å²) < 4.78 is 5.14. The van der Waals surface area contributed by atoms with Crippen molar-refractivity contribution in [1.82, 2.24) is 15.6 Å². The smallest absolute Gasteiger partial charge is 0.408 e. The summed E-state index contributed by atoms with van der Waals surface area (Å²) in [5.74, 6) is -0.120. The van der Waals surface area contributed by atoms with Gasteiger partial charge in [-0.15, -0.1) is 0 Å². The van der Waals surface area contributed by atoms with Gasteiger partial charge in [0.25, 0.3) is 0 Å². The molecule has 1 aliphatic carbocycles. The zero-order valence-corrected chi connectivity index (χ0v) is 14.8. The number of anilines is 1. The van der Waals surface area contributed by atoms with Crippen LogP contribution in [0.2, 0.25) is 0 Å². The molecule has 2 atom stereocenters. The summed E-state index contributed by atoms with van der Waals surface area (Å²) in [6, 6.07) is 0.675. The zero-order valence-electron chi connectivity index (χ0n) is 14.8. The number of amides is 2. The molecule has 1 unspecified atom stereocenters. The predicted octanol–water partition coefficient (Wildman–Crippen LogP) is 2.23. The van der Waals surface area contributed by atoms with Gasteiger partial charge in [0.15, 0.2) is 0 Å². The highest BCUT2D eigenvalue weighted by molar-refractivity contribution is 5.85. The lowest BCUT2D eigenvalue weighted by molar-refractivity contribution is -0.123. The first kappa shape index (κ1) is 18.5. The van der Waals surface area contributed by atoms with Gasteiger partial charge in [0.1, 0.15) is 17.5 Å². The summed E-state index contributed by atoms with van der Waals surface area (Å²) in [4.78, 5) is 31.7. The van der Waals surface area contributed by atoms with Crippen LogP contribution in [0, 0.1) is 6.57 Å². The fourth-order valence-electron chi connectivity index (χ4n) is 2.60. The average molecular weight is 345 g/mol. The second kappa shape index (κ2) is 6.97. The Morgan fingerprint density at radius 2 is 2.16 bits per heavy atom. The van der Waals surface area contributed by atoms with Crippen LogP contribution in [0.25, 0.3) is 4.85 Å². The summed E-state index contributed by atoms with van der Waals surface area (Å²) in [5, 5.41) is 5.39. The molecule has 0 aromatic carbocycles. The SMILES string of the molecule is [C-]#[N+]c1cc2c(nc1N)CCC2NC(=O)[C@H](C)NC(=O)OC(C)(C)C. The van der Waals surface area contributed by atoms with E-state index in [1.807, 2.05) is 0 Å². The minimum atomic E-state index is -0.749. The van der Waals surface area contributed by atoms with E-state index in [-0.39, 0.29) is 23.5 Å². The molecular formula is C17H23N5O3. The maximum atomic E-state index is 12.3. The first-order valence-corrected chi connectivity index (χ1v) is 8.07. The molecule has 8 nitrogen and oxygen atoms in total. The number of nitrogens with zero attached hydrogens (tertiary/aromatic N) is 2. The van der Waals surface area contributed by atoms with Crippen LogP contribution in [0.4, 0.5) is 16.3 Å². The molecular weight excluding hydrogens is 322 g/mol. The molecule has 0 fully saturated rings. The van der Waals surface area contributed by atoms with Gasteiger partial charge in [-0.3, -0.25) is 4.79 Å². The van der Waals surface area contributed by atoms with Gasteiger partial charge < -0.3 is 21.1 Å². The number of ether oxygens (including phenoxy) is 1. The Hall–Kier alpha value is -2.82. The molecule has 1 aromatic heterocycles. The van der Waals surface area contributed by atoms with Gasteiger partial charge >= 0.3 is 6.09 Å². The number of aromatic nitrogens is 1. The minimum absolute atomic E-state index is 0.209. The van der Waals surface area contributed by atoms with Crippen LogP contribution in [0.3, 0.4) is 0 Å². The van der Waals surface area contributed by atoms with Gasteiger partial charge in [-0.1, -0.05) is 0 Å². The lowest BCUT2D eigenvalue weighted by Crippen LogP contribution is -2.47. The molecule has 2 amide bonds. The molecule has 0 radical (unpaired) electrons. The van der Waals surface area contributed by atoms with Crippen LogP contribution >= 0.6 is 0 Å². The number of hydrogen-bond acceptors (Lipinski definition) is 5. The van der Waals surface area contributed by atoms with Gasteiger partial charge in [0.05, 0.1) is 12.6 Å². The highest BCUT2D eigenvalue weighted by Crippen LogP contribution is 2.35. The molecule has 25 heavy (non-hydrogen) atoms. The Bertz CT molecular complexity index is 733. The van der Waals surface area contributed by atoms with E-state index >= 15 is 0 Å². The number of carbonyl (C=O) groups is 2. The molecule has 0 spiro atoms. The number of nitrogens with one attached hydrogen (secondary N) is 2. The van der Waals surface area contributed by atoms with Crippen molar-refractivity contribution >= 4 is 23.5 Å². The number of pyridine rings is 1. The number of nitrogen functional groups attached to an aromatic ring is 1. The molecule has 1 heterocycles. The van der Waals surface area contributed by atoms with Gasteiger partial charge in [-0.2, -0.15) is 0 Å². The van der Waals surface area contributed by atoms with Gasteiger partial charge in [-0.05, 0) is 52.2 Å². The number of nitrogens with two attached hydrogens (primary N) is 1. The Morgan fingerprint density at radius 3 is 2.76 bits per heavy atom. The molecule has 1 aliphatic rings. The van der Waals surface area contributed by atoms with Crippen molar-refractivity contribution < 1.29 is 14.3 Å². The number of aryl methyl sites for hydroxylation is 1. The average Bonchev–Trinajstić information content (AvgIpc) is 2.86. The van der Waals surface area contributed by atoms with Crippen molar-refractivity contribution in [2.45, 2.75) is 58.2 Å². The third-order valence-electron chi connectivity index (χ3n) is 3.75. The predicted molar refractivity (Wildman–Crippen MR) is 92.9 cm³/mol. The van der Waals surface area contributed by atoms with Crippen molar-refractivity contribution in [2.75, 3.05) is 5.73 Å². The largest absolute Gasteiger partial charge is 0.444 e. The molecule has 4 N–H and O–H groups in total. The van der Waals surface area contributed by atoms with Gasteiger partial charge in [-0.25, -0.2) is 14.6 Å². The first-order valence-electron chi connectivity index (χ1n) is 8.07. The van der Waals surface area contributed by atoms with Crippen LogP contribution in [-0.2, 0) is 16.0 Å². The Morgan fingerprint density at radius 1 is 1.48 bits per heavy atom. The normalized spacial score (nSPS) is 17.2. The number of carbonyl (C=O) groups excluding carboxylic acids is 2. The Balaban J connectivity index is 2.01. The molecule has 0 saturated heterocycles. The third kappa shape index (κ3) is 4.59. The molecule has 134 valence electrons. The van der Waals surface area contributed by atoms with Gasteiger partial charge in [0, 0.05) is 5.69 Å². The summed E-state index contributed by atoms with van der Waals surface area (Å²) in [6.07, 6.45) is 0.705. The lowest BCUT2D eigenvalue weighted by Gasteiger charge is -2.22. The van der Waals surface area contributed by atoms with E-state index in [9.17, 15) is 9.59 Å². The maximum absolute atomic E-state index is 12.3. The van der Waals surface area contributed by atoms with Crippen LogP contribution in [-0.4, -0.2) is 28.6 Å². The van der Waals surface area contributed by atoms with Crippen molar-refractivity contribution in [1.29, 1.82) is 0 Å². The minimum Gasteiger partial charge on any atom is -0.444 e. The lowest BCUT2D eigenvalue weighted by atomic mass is 10.1. The molecule has 2 rings (SSSR count). The molecule has 0 bridgehead atoms. The Kier molecular flexibility index (Phi) is 5.16. The first-order chi connectivity index (χ1) is 11.6. The van der Waals surface area contributed by atoms with Crippen molar-refractivity contribution in [3.8, 4) is 0 Å². The van der Waals surface area contributed by atoms with E-state index in [1.165, 1.54) is 0 Å². The number of fused-ring (bicyclic) bond motifs is 1. The van der Waals surface area contributed by atoms with Crippen molar-refractivity contribution in [3.05, 3.63) is 28.7 Å². The second-order valence-corrected chi connectivity index (χ2v) is 7.01. The number of hydrogen-bond donors (Lipinski definition) is 3. The molecule has 8 heteroatoms. The number of rotatable bonds is 3. The Labute approximate surface area is 147 Å². The van der Waals surface area contributed by atoms with E-state index in [0.29, 0.717) is 12.8 Å². The summed E-state index contributed by atoms with van der Waals surface area (Å²) in [5.41, 5.74) is 6.97. The van der Waals surface area contributed by atoms with Crippen molar-refractivity contribution in [2.24, 2.45) is 0 Å². The molecule has 1 aromatic rings. The topological polar surface area (TPSA) is 111 Å². The third-order valence-corrected chi connectivity index (χ3v) is 3.75. The summed E-state index contributed by atoms with van der Waals surface area (Å²) in [7, 11) is 0. The van der Waals surface area contributed by atoms with E-state index in [1.54, 1.807) is 33.8 Å². The fourth-order valence-corrected chi connectivity index (χ4v) is 2.60. The van der Waals surface area contributed by atoms with E-state index in [0.717, 1.165) is 11.3 Å². The standard InChI is InChI=1S/C17H23N5O3/c1-9(20-16(24)25-17(2,3)4)15(23)22-12-7-6-11-10(12)8-13(19-5)14(18)21-11/h8-9,12H,6-7H2,1-4H3,(H2,18,21)(H,20,24)(H,22,23)/t9-,12?/m0/s1.